The Hall–Kier alpha value is -1.90. The molecule has 1 saturated heterocycles. The van der Waals surface area contributed by atoms with Gasteiger partial charge in [-0.3, -0.25) is 0 Å². The van der Waals surface area contributed by atoms with E-state index in [4.69, 9.17) is 5.73 Å². The second-order valence-electron chi connectivity index (χ2n) is 4.27. The third-order valence-corrected chi connectivity index (χ3v) is 4.07. The molecule has 1 aliphatic heterocycles. The Morgan fingerprint density at radius 1 is 1.42 bits per heavy atom. The summed E-state index contributed by atoms with van der Waals surface area (Å²) < 4.78 is 1.45. The summed E-state index contributed by atoms with van der Waals surface area (Å²) in [5.41, 5.74) is 5.68. The second kappa shape index (κ2) is 5.39. The number of nitrogens with one attached hydrogen (secondary N) is 1. The Labute approximate surface area is 114 Å². The summed E-state index contributed by atoms with van der Waals surface area (Å²) in [5, 5.41) is 7.19. The molecule has 0 spiro atoms. The van der Waals surface area contributed by atoms with Crippen molar-refractivity contribution in [1.29, 1.82) is 0 Å². The Morgan fingerprint density at radius 2 is 2.37 bits per heavy atom. The summed E-state index contributed by atoms with van der Waals surface area (Å²) in [7, 11) is 0. The minimum Gasteiger partial charge on any atom is -0.368 e. The van der Waals surface area contributed by atoms with E-state index in [9.17, 15) is 0 Å². The molecule has 3 rings (SSSR count). The van der Waals surface area contributed by atoms with Crippen LogP contribution in [0.3, 0.4) is 0 Å². The van der Waals surface area contributed by atoms with Gasteiger partial charge in [-0.05, 0) is 23.8 Å². The molecular weight excluding hydrogens is 264 g/mol. The third-order valence-electron chi connectivity index (χ3n) is 2.84. The molecule has 2 aromatic rings. The topological polar surface area (TPSA) is 107 Å². The standard InChI is InChI=1S/C10H14N8S/c11-8-15-9(13-3-7-1-2-19-4-7)17-10(16-8)18-6-12-5-14-18/h5-7H,1-4H2,(H3,11,13,15,16,17). The minimum atomic E-state index is 0.170. The first-order valence-corrected chi connectivity index (χ1v) is 7.15. The van der Waals surface area contributed by atoms with Crippen molar-refractivity contribution in [2.45, 2.75) is 6.42 Å². The summed E-state index contributed by atoms with van der Waals surface area (Å²) in [6, 6.07) is 0. The molecule has 0 aromatic carbocycles. The number of aromatic nitrogens is 6. The fourth-order valence-electron chi connectivity index (χ4n) is 1.85. The molecule has 0 saturated carbocycles. The van der Waals surface area contributed by atoms with Crippen LogP contribution in [0.4, 0.5) is 11.9 Å². The number of nitrogen functional groups attached to an aromatic ring is 1. The van der Waals surface area contributed by atoms with Gasteiger partial charge in [-0.1, -0.05) is 0 Å². The van der Waals surface area contributed by atoms with Gasteiger partial charge in [0.1, 0.15) is 12.7 Å². The van der Waals surface area contributed by atoms with Gasteiger partial charge in [0.15, 0.2) is 0 Å². The first kappa shape index (κ1) is 12.2. The van der Waals surface area contributed by atoms with Gasteiger partial charge in [0.25, 0.3) is 5.95 Å². The van der Waals surface area contributed by atoms with Crippen LogP contribution in [0.5, 0.6) is 0 Å². The Kier molecular flexibility index (Phi) is 3.45. The van der Waals surface area contributed by atoms with E-state index in [0.717, 1.165) is 6.54 Å². The first-order chi connectivity index (χ1) is 9.31. The molecule has 3 heterocycles. The van der Waals surface area contributed by atoms with E-state index in [-0.39, 0.29) is 5.95 Å². The Bertz CT molecular complexity index is 536. The first-order valence-electron chi connectivity index (χ1n) is 5.99. The summed E-state index contributed by atoms with van der Waals surface area (Å²) in [5.74, 6) is 4.10. The van der Waals surface area contributed by atoms with E-state index < -0.39 is 0 Å². The number of nitrogens with zero attached hydrogens (tertiary/aromatic N) is 6. The molecule has 3 N–H and O–H groups in total. The molecular formula is C10H14N8S. The Morgan fingerprint density at radius 3 is 3.11 bits per heavy atom. The van der Waals surface area contributed by atoms with Gasteiger partial charge in [-0.25, -0.2) is 4.98 Å². The molecule has 19 heavy (non-hydrogen) atoms. The van der Waals surface area contributed by atoms with E-state index in [2.05, 4.69) is 30.4 Å². The highest BCUT2D eigenvalue weighted by atomic mass is 32.2. The van der Waals surface area contributed by atoms with Crippen LogP contribution in [-0.2, 0) is 0 Å². The number of anilines is 2. The van der Waals surface area contributed by atoms with Crippen LogP contribution in [0.2, 0.25) is 0 Å². The smallest absolute Gasteiger partial charge is 0.258 e. The molecule has 0 aliphatic carbocycles. The quantitative estimate of drug-likeness (QED) is 0.816. The Balaban J connectivity index is 1.74. The van der Waals surface area contributed by atoms with Crippen molar-refractivity contribution in [3.8, 4) is 5.95 Å². The molecule has 0 amide bonds. The highest BCUT2D eigenvalue weighted by Crippen LogP contribution is 2.23. The van der Waals surface area contributed by atoms with Crippen molar-refractivity contribution < 1.29 is 0 Å². The molecule has 0 radical (unpaired) electrons. The van der Waals surface area contributed by atoms with Gasteiger partial charge in [0, 0.05) is 6.54 Å². The number of hydrogen-bond acceptors (Lipinski definition) is 8. The van der Waals surface area contributed by atoms with Crippen LogP contribution in [0.25, 0.3) is 5.95 Å². The van der Waals surface area contributed by atoms with E-state index in [1.807, 2.05) is 11.8 Å². The van der Waals surface area contributed by atoms with E-state index in [1.54, 1.807) is 0 Å². The van der Waals surface area contributed by atoms with E-state index in [0.29, 0.717) is 17.8 Å². The van der Waals surface area contributed by atoms with Crippen LogP contribution in [0.15, 0.2) is 12.7 Å². The fraction of sp³-hybridized carbons (Fsp3) is 0.500. The average Bonchev–Trinajstić information content (AvgIpc) is 3.09. The summed E-state index contributed by atoms with van der Waals surface area (Å²) in [6.07, 6.45) is 4.17. The highest BCUT2D eigenvalue weighted by molar-refractivity contribution is 7.99. The summed E-state index contributed by atoms with van der Waals surface area (Å²) in [6.45, 7) is 0.854. The van der Waals surface area contributed by atoms with Gasteiger partial charge in [0.2, 0.25) is 11.9 Å². The maximum Gasteiger partial charge on any atom is 0.258 e. The van der Waals surface area contributed by atoms with Crippen molar-refractivity contribution in [3.63, 3.8) is 0 Å². The third kappa shape index (κ3) is 2.92. The number of hydrogen-bond donors (Lipinski definition) is 2. The zero-order valence-electron chi connectivity index (χ0n) is 10.2. The zero-order valence-corrected chi connectivity index (χ0v) is 11.0. The maximum absolute atomic E-state index is 5.68. The van der Waals surface area contributed by atoms with Gasteiger partial charge in [-0.15, -0.1) is 0 Å². The van der Waals surface area contributed by atoms with Crippen LogP contribution in [-0.4, -0.2) is 47.8 Å². The lowest BCUT2D eigenvalue weighted by atomic mass is 10.1. The van der Waals surface area contributed by atoms with E-state index >= 15 is 0 Å². The second-order valence-corrected chi connectivity index (χ2v) is 5.42. The largest absolute Gasteiger partial charge is 0.368 e. The summed E-state index contributed by atoms with van der Waals surface area (Å²) in [4.78, 5) is 16.2. The van der Waals surface area contributed by atoms with Crippen molar-refractivity contribution in [1.82, 2.24) is 29.7 Å². The summed E-state index contributed by atoms with van der Waals surface area (Å²) >= 11 is 1.98. The molecule has 100 valence electrons. The van der Waals surface area contributed by atoms with Gasteiger partial charge < -0.3 is 11.1 Å². The molecule has 1 aliphatic rings. The monoisotopic (exact) mass is 278 g/mol. The lowest BCUT2D eigenvalue weighted by Crippen LogP contribution is -2.17. The van der Waals surface area contributed by atoms with Crippen LogP contribution in [0, 0.1) is 5.92 Å². The van der Waals surface area contributed by atoms with Gasteiger partial charge >= 0.3 is 0 Å². The van der Waals surface area contributed by atoms with Crippen molar-refractivity contribution in [2.24, 2.45) is 5.92 Å². The van der Waals surface area contributed by atoms with E-state index in [1.165, 1.54) is 35.3 Å². The van der Waals surface area contributed by atoms with Crippen LogP contribution < -0.4 is 11.1 Å². The number of nitrogens with two attached hydrogens (primary N) is 1. The lowest BCUT2D eigenvalue weighted by Gasteiger charge is -2.10. The SMILES string of the molecule is Nc1nc(NCC2CCSC2)nc(-n2cncn2)n1. The van der Waals surface area contributed by atoms with Crippen LogP contribution >= 0.6 is 11.8 Å². The number of thioether (sulfide) groups is 1. The predicted octanol–water partition coefficient (Wildman–Crippen LogP) is 0.199. The predicted molar refractivity (Wildman–Crippen MR) is 73.1 cm³/mol. The normalized spacial score (nSPS) is 18.6. The minimum absolute atomic E-state index is 0.170. The van der Waals surface area contributed by atoms with Gasteiger partial charge in [-0.2, -0.15) is 36.5 Å². The molecule has 2 aromatic heterocycles. The number of rotatable bonds is 4. The van der Waals surface area contributed by atoms with Crippen LogP contribution in [0.1, 0.15) is 6.42 Å². The maximum atomic E-state index is 5.68. The lowest BCUT2D eigenvalue weighted by molar-refractivity contribution is 0.628. The average molecular weight is 278 g/mol. The molecule has 9 heteroatoms. The highest BCUT2D eigenvalue weighted by Gasteiger charge is 2.16. The van der Waals surface area contributed by atoms with Gasteiger partial charge in [0.05, 0.1) is 0 Å². The van der Waals surface area contributed by atoms with Crippen molar-refractivity contribution >= 4 is 23.7 Å². The van der Waals surface area contributed by atoms with Crippen molar-refractivity contribution in [2.75, 3.05) is 29.1 Å². The fourth-order valence-corrected chi connectivity index (χ4v) is 3.14. The molecule has 1 unspecified atom stereocenters. The van der Waals surface area contributed by atoms with Crippen molar-refractivity contribution in [3.05, 3.63) is 12.7 Å². The molecule has 8 nitrogen and oxygen atoms in total. The zero-order chi connectivity index (χ0) is 13.1. The molecule has 1 atom stereocenters. The molecule has 1 fully saturated rings. The molecule has 0 bridgehead atoms.